The third-order valence-corrected chi connectivity index (χ3v) is 2.00. The molecule has 0 aromatic heterocycles. The minimum atomic E-state index is -0.253. The molecule has 2 amide bonds. The maximum Gasteiger partial charge on any atom is 0.256 e. The molecule has 0 atom stereocenters. The van der Waals surface area contributed by atoms with Gasteiger partial charge in [0.25, 0.3) is 11.8 Å². The normalized spacial score (nSPS) is 15.9. The fourth-order valence-electron chi connectivity index (χ4n) is 1.25. The molecule has 0 aromatic carbocycles. The molecule has 4 nitrogen and oxygen atoms in total. The lowest BCUT2D eigenvalue weighted by Gasteiger charge is -2.14. The Bertz CT molecular complexity index is 331. The second kappa shape index (κ2) is 4.89. The molecule has 15 heavy (non-hydrogen) atoms. The average Bonchev–Trinajstić information content (AvgIpc) is 2.37. The number of rotatable bonds is 5. The second-order valence-corrected chi connectivity index (χ2v) is 3.63. The summed E-state index contributed by atoms with van der Waals surface area (Å²) in [7, 11) is 0. The number of ether oxygens (including phenoxy) is 1. The summed E-state index contributed by atoms with van der Waals surface area (Å²) in [6.45, 7) is 8.29. The fourth-order valence-corrected chi connectivity index (χ4v) is 1.25. The zero-order chi connectivity index (χ0) is 11.4. The minimum absolute atomic E-state index is 0.223. The van der Waals surface area contributed by atoms with Gasteiger partial charge in [0.15, 0.2) is 0 Å². The molecule has 4 heteroatoms. The average molecular weight is 209 g/mol. The highest BCUT2D eigenvalue weighted by Gasteiger charge is 2.27. The molecule has 0 radical (unpaired) electrons. The molecule has 1 aliphatic heterocycles. The number of hydrogen-bond acceptors (Lipinski definition) is 3. The lowest BCUT2D eigenvalue weighted by molar-refractivity contribution is -0.137. The predicted octanol–water partition coefficient (Wildman–Crippen LogP) is 0.894. The standard InChI is InChI=1S/C11H15NO3/c1-8(2)7-15-5-4-12-10(13)6-9(3)11(12)14/h6H,1,4-5,7H2,2-3H3. The van der Waals surface area contributed by atoms with E-state index < -0.39 is 0 Å². The van der Waals surface area contributed by atoms with Crippen molar-refractivity contribution in [3.8, 4) is 0 Å². The van der Waals surface area contributed by atoms with Crippen LogP contribution in [0.2, 0.25) is 0 Å². The minimum Gasteiger partial charge on any atom is -0.375 e. The van der Waals surface area contributed by atoms with E-state index in [4.69, 9.17) is 4.74 Å². The highest BCUT2D eigenvalue weighted by atomic mass is 16.5. The number of amides is 2. The summed E-state index contributed by atoms with van der Waals surface area (Å²) >= 11 is 0. The van der Waals surface area contributed by atoms with Crippen molar-refractivity contribution in [2.75, 3.05) is 19.8 Å². The van der Waals surface area contributed by atoms with E-state index in [1.54, 1.807) is 6.92 Å². The molecule has 0 spiro atoms. The molecule has 1 aliphatic rings. The van der Waals surface area contributed by atoms with Gasteiger partial charge in [-0.3, -0.25) is 14.5 Å². The van der Waals surface area contributed by atoms with Crippen LogP contribution in [0.5, 0.6) is 0 Å². The van der Waals surface area contributed by atoms with Gasteiger partial charge in [0, 0.05) is 11.6 Å². The monoisotopic (exact) mass is 209 g/mol. The van der Waals surface area contributed by atoms with Gasteiger partial charge in [0.2, 0.25) is 0 Å². The maximum absolute atomic E-state index is 11.4. The van der Waals surface area contributed by atoms with Crippen molar-refractivity contribution in [2.45, 2.75) is 13.8 Å². The Morgan fingerprint density at radius 3 is 2.67 bits per heavy atom. The Morgan fingerprint density at radius 2 is 2.20 bits per heavy atom. The van der Waals surface area contributed by atoms with Crippen molar-refractivity contribution in [1.29, 1.82) is 0 Å². The van der Waals surface area contributed by atoms with E-state index in [2.05, 4.69) is 6.58 Å². The van der Waals surface area contributed by atoms with Gasteiger partial charge in [-0.05, 0) is 13.8 Å². The molecule has 0 fully saturated rings. The topological polar surface area (TPSA) is 46.6 Å². The van der Waals surface area contributed by atoms with Crippen molar-refractivity contribution < 1.29 is 14.3 Å². The molecular formula is C11H15NO3. The van der Waals surface area contributed by atoms with Crippen LogP contribution < -0.4 is 0 Å². The van der Waals surface area contributed by atoms with E-state index in [-0.39, 0.29) is 11.8 Å². The predicted molar refractivity (Wildman–Crippen MR) is 56.1 cm³/mol. The quantitative estimate of drug-likeness (QED) is 0.384. The first kappa shape index (κ1) is 11.7. The molecule has 1 rings (SSSR count). The van der Waals surface area contributed by atoms with Gasteiger partial charge in [-0.25, -0.2) is 0 Å². The van der Waals surface area contributed by atoms with Crippen LogP contribution in [0.15, 0.2) is 23.8 Å². The maximum atomic E-state index is 11.4. The summed E-state index contributed by atoms with van der Waals surface area (Å²) in [4.78, 5) is 23.9. The molecule has 0 saturated carbocycles. The van der Waals surface area contributed by atoms with Crippen molar-refractivity contribution in [2.24, 2.45) is 0 Å². The first-order chi connectivity index (χ1) is 7.02. The van der Waals surface area contributed by atoms with Gasteiger partial charge in [-0.1, -0.05) is 12.2 Å². The summed E-state index contributed by atoms with van der Waals surface area (Å²) in [6.07, 6.45) is 1.35. The Labute approximate surface area is 89.2 Å². The van der Waals surface area contributed by atoms with E-state index in [0.29, 0.717) is 25.3 Å². The summed E-state index contributed by atoms with van der Waals surface area (Å²) < 4.78 is 5.22. The van der Waals surface area contributed by atoms with Crippen LogP contribution in [-0.2, 0) is 14.3 Å². The van der Waals surface area contributed by atoms with Gasteiger partial charge in [0.1, 0.15) is 0 Å². The third-order valence-electron chi connectivity index (χ3n) is 2.00. The first-order valence-corrected chi connectivity index (χ1v) is 4.78. The summed E-state index contributed by atoms with van der Waals surface area (Å²) in [5, 5.41) is 0. The number of hydrogen-bond donors (Lipinski definition) is 0. The summed E-state index contributed by atoms with van der Waals surface area (Å²) in [6, 6.07) is 0. The number of imide groups is 1. The van der Waals surface area contributed by atoms with E-state index in [9.17, 15) is 9.59 Å². The summed E-state index contributed by atoms with van der Waals surface area (Å²) in [5.74, 6) is -0.477. The van der Waals surface area contributed by atoms with Gasteiger partial charge in [-0.2, -0.15) is 0 Å². The molecule has 0 aliphatic carbocycles. The van der Waals surface area contributed by atoms with Crippen LogP contribution in [0.4, 0.5) is 0 Å². The van der Waals surface area contributed by atoms with Crippen LogP contribution in [0.1, 0.15) is 13.8 Å². The Hall–Kier alpha value is -1.42. The molecule has 0 aromatic rings. The van der Waals surface area contributed by atoms with Crippen LogP contribution >= 0.6 is 0 Å². The zero-order valence-electron chi connectivity index (χ0n) is 9.08. The fraction of sp³-hybridized carbons (Fsp3) is 0.455. The second-order valence-electron chi connectivity index (χ2n) is 3.63. The Balaban J connectivity index is 2.32. The lowest BCUT2D eigenvalue weighted by atomic mass is 10.3. The third kappa shape index (κ3) is 3.02. The molecule has 0 bridgehead atoms. The molecule has 0 unspecified atom stereocenters. The largest absolute Gasteiger partial charge is 0.375 e. The number of nitrogens with zero attached hydrogens (tertiary/aromatic N) is 1. The highest BCUT2D eigenvalue weighted by molar-refractivity contribution is 6.15. The van der Waals surface area contributed by atoms with Crippen molar-refractivity contribution in [3.63, 3.8) is 0 Å². The van der Waals surface area contributed by atoms with Crippen LogP contribution in [0.3, 0.4) is 0 Å². The van der Waals surface area contributed by atoms with Gasteiger partial charge in [0.05, 0.1) is 19.8 Å². The number of carbonyl (C=O) groups excluding carboxylic acids is 2. The molecule has 0 saturated heterocycles. The zero-order valence-corrected chi connectivity index (χ0v) is 9.08. The van der Waals surface area contributed by atoms with Gasteiger partial charge >= 0.3 is 0 Å². The van der Waals surface area contributed by atoms with Crippen molar-refractivity contribution in [1.82, 2.24) is 4.90 Å². The molecular weight excluding hydrogens is 194 g/mol. The SMILES string of the molecule is C=C(C)COCCN1C(=O)C=C(C)C1=O. The Morgan fingerprint density at radius 1 is 1.53 bits per heavy atom. The van der Waals surface area contributed by atoms with E-state index in [0.717, 1.165) is 5.57 Å². The van der Waals surface area contributed by atoms with Crippen LogP contribution in [0.25, 0.3) is 0 Å². The first-order valence-electron chi connectivity index (χ1n) is 4.78. The van der Waals surface area contributed by atoms with Crippen molar-refractivity contribution in [3.05, 3.63) is 23.8 Å². The van der Waals surface area contributed by atoms with Crippen molar-refractivity contribution >= 4 is 11.8 Å². The summed E-state index contributed by atoms with van der Waals surface area (Å²) in [5.41, 5.74) is 1.41. The Kier molecular flexibility index (Phi) is 3.80. The molecule has 0 N–H and O–H groups in total. The van der Waals surface area contributed by atoms with Crippen LogP contribution in [-0.4, -0.2) is 36.5 Å². The van der Waals surface area contributed by atoms with E-state index in [1.807, 2.05) is 6.92 Å². The van der Waals surface area contributed by atoms with Gasteiger partial charge < -0.3 is 4.74 Å². The number of carbonyl (C=O) groups is 2. The highest BCUT2D eigenvalue weighted by Crippen LogP contribution is 2.10. The molecule has 82 valence electrons. The van der Waals surface area contributed by atoms with E-state index in [1.165, 1.54) is 11.0 Å². The van der Waals surface area contributed by atoms with Gasteiger partial charge in [-0.15, -0.1) is 0 Å². The lowest BCUT2D eigenvalue weighted by Crippen LogP contribution is -2.34. The molecule has 1 heterocycles. The van der Waals surface area contributed by atoms with E-state index >= 15 is 0 Å². The van der Waals surface area contributed by atoms with Crippen LogP contribution in [0, 0.1) is 0 Å². The smallest absolute Gasteiger partial charge is 0.256 e.